The van der Waals surface area contributed by atoms with Crippen LogP contribution >= 0.6 is 11.8 Å². The Morgan fingerprint density at radius 1 is 1.33 bits per heavy atom. The number of carboxylic acids is 1. The van der Waals surface area contributed by atoms with Gasteiger partial charge in [-0.15, -0.1) is 0 Å². The van der Waals surface area contributed by atoms with Gasteiger partial charge in [-0.2, -0.15) is 11.8 Å². The largest absolute Gasteiger partial charge is 0.480 e. The SMILES string of the molecule is O=C(NC(CCSC1C=CCCC1)C(=O)O)OCc1ccccc1. The molecule has 0 fully saturated rings. The Morgan fingerprint density at radius 3 is 2.79 bits per heavy atom. The second-order valence-electron chi connectivity index (χ2n) is 5.65. The summed E-state index contributed by atoms with van der Waals surface area (Å²) in [5.41, 5.74) is 0.860. The smallest absolute Gasteiger partial charge is 0.408 e. The molecule has 24 heavy (non-hydrogen) atoms. The van der Waals surface area contributed by atoms with E-state index in [2.05, 4.69) is 17.5 Å². The molecule has 0 saturated heterocycles. The number of rotatable bonds is 8. The third-order valence-corrected chi connectivity index (χ3v) is 5.04. The topological polar surface area (TPSA) is 75.6 Å². The maximum absolute atomic E-state index is 11.8. The molecule has 5 nitrogen and oxygen atoms in total. The number of hydrogen-bond donors (Lipinski definition) is 2. The van der Waals surface area contributed by atoms with Gasteiger partial charge >= 0.3 is 12.1 Å². The summed E-state index contributed by atoms with van der Waals surface area (Å²) in [7, 11) is 0. The van der Waals surface area contributed by atoms with Gasteiger partial charge in [0.2, 0.25) is 0 Å². The van der Waals surface area contributed by atoms with E-state index in [1.165, 1.54) is 6.42 Å². The number of ether oxygens (including phenoxy) is 1. The lowest BCUT2D eigenvalue weighted by atomic mass is 10.1. The molecule has 1 amide bonds. The number of carbonyl (C=O) groups is 2. The van der Waals surface area contributed by atoms with Gasteiger partial charge in [-0.3, -0.25) is 0 Å². The number of thioether (sulfide) groups is 1. The fourth-order valence-corrected chi connectivity index (χ4v) is 3.65. The number of hydrogen-bond acceptors (Lipinski definition) is 4. The third kappa shape index (κ3) is 6.66. The zero-order valence-electron chi connectivity index (χ0n) is 13.5. The normalized spacial score (nSPS) is 17.9. The average molecular weight is 349 g/mol. The fraction of sp³-hybridized carbons (Fsp3) is 0.444. The third-order valence-electron chi connectivity index (χ3n) is 3.75. The van der Waals surface area contributed by atoms with Crippen molar-refractivity contribution in [3.8, 4) is 0 Å². The summed E-state index contributed by atoms with van der Waals surface area (Å²) in [6, 6.07) is 8.35. The van der Waals surface area contributed by atoms with E-state index >= 15 is 0 Å². The number of allylic oxidation sites excluding steroid dienone is 1. The number of aliphatic carboxylic acids is 1. The van der Waals surface area contributed by atoms with E-state index in [4.69, 9.17) is 4.74 Å². The van der Waals surface area contributed by atoms with Crippen LogP contribution in [0.3, 0.4) is 0 Å². The van der Waals surface area contributed by atoms with E-state index < -0.39 is 18.1 Å². The highest BCUT2D eigenvalue weighted by Gasteiger charge is 2.21. The number of amides is 1. The van der Waals surface area contributed by atoms with E-state index in [0.29, 0.717) is 17.4 Å². The van der Waals surface area contributed by atoms with E-state index in [1.807, 2.05) is 30.3 Å². The summed E-state index contributed by atoms with van der Waals surface area (Å²) in [4.78, 5) is 23.1. The summed E-state index contributed by atoms with van der Waals surface area (Å²) in [5.74, 6) is -0.350. The van der Waals surface area contributed by atoms with Crippen molar-refractivity contribution >= 4 is 23.8 Å². The number of nitrogens with one attached hydrogen (secondary N) is 1. The van der Waals surface area contributed by atoms with Crippen LogP contribution in [0, 0.1) is 0 Å². The average Bonchev–Trinajstić information content (AvgIpc) is 2.61. The summed E-state index contributed by atoms with van der Waals surface area (Å²) < 4.78 is 5.07. The molecule has 1 aliphatic rings. The second-order valence-corrected chi connectivity index (χ2v) is 7.00. The van der Waals surface area contributed by atoms with Crippen LogP contribution < -0.4 is 5.32 Å². The zero-order chi connectivity index (χ0) is 17.2. The molecular weight excluding hydrogens is 326 g/mol. The number of carboxylic acid groups (broad SMARTS) is 1. The van der Waals surface area contributed by atoms with Crippen LogP contribution in [0.2, 0.25) is 0 Å². The van der Waals surface area contributed by atoms with Crippen molar-refractivity contribution in [2.24, 2.45) is 0 Å². The lowest BCUT2D eigenvalue weighted by Gasteiger charge is -2.18. The fourth-order valence-electron chi connectivity index (χ4n) is 2.42. The standard InChI is InChI=1S/C18H23NO4S/c20-17(21)16(11-12-24-15-9-5-2-6-10-15)19-18(22)23-13-14-7-3-1-4-8-14/h1,3-5,7-9,15-16H,2,6,10-13H2,(H,19,22)(H,20,21). The first-order chi connectivity index (χ1) is 11.6. The van der Waals surface area contributed by atoms with E-state index in [0.717, 1.165) is 18.4 Å². The maximum Gasteiger partial charge on any atom is 0.408 e. The highest BCUT2D eigenvalue weighted by atomic mass is 32.2. The van der Waals surface area contributed by atoms with Crippen molar-refractivity contribution < 1.29 is 19.4 Å². The predicted molar refractivity (Wildman–Crippen MR) is 95.0 cm³/mol. The molecule has 0 radical (unpaired) electrons. The van der Waals surface area contributed by atoms with Crippen LogP contribution in [-0.4, -0.2) is 34.2 Å². The molecule has 1 aromatic carbocycles. The molecule has 2 N–H and O–H groups in total. The van der Waals surface area contributed by atoms with Gasteiger partial charge in [0, 0.05) is 5.25 Å². The highest BCUT2D eigenvalue weighted by Crippen LogP contribution is 2.24. The first-order valence-corrected chi connectivity index (χ1v) is 9.18. The van der Waals surface area contributed by atoms with Gasteiger partial charge in [0.05, 0.1) is 0 Å². The lowest BCUT2D eigenvalue weighted by Crippen LogP contribution is -2.41. The minimum absolute atomic E-state index is 0.126. The van der Waals surface area contributed by atoms with Gasteiger partial charge in [-0.05, 0) is 37.0 Å². The zero-order valence-corrected chi connectivity index (χ0v) is 14.3. The first-order valence-electron chi connectivity index (χ1n) is 8.13. The molecule has 0 aromatic heterocycles. The minimum Gasteiger partial charge on any atom is -0.480 e. The van der Waals surface area contributed by atoms with Crippen molar-refractivity contribution in [2.45, 2.75) is 43.6 Å². The Hall–Kier alpha value is -1.95. The summed E-state index contributed by atoms with van der Waals surface area (Å²) in [5, 5.41) is 12.1. The number of alkyl carbamates (subject to hydrolysis) is 1. The molecule has 0 bridgehead atoms. The van der Waals surface area contributed by atoms with Crippen LogP contribution in [0.15, 0.2) is 42.5 Å². The van der Waals surface area contributed by atoms with E-state index in [-0.39, 0.29) is 6.61 Å². The van der Waals surface area contributed by atoms with Crippen LogP contribution in [0.4, 0.5) is 4.79 Å². The maximum atomic E-state index is 11.8. The Kier molecular flexibility index (Phi) is 7.68. The number of carbonyl (C=O) groups excluding carboxylic acids is 1. The van der Waals surface area contributed by atoms with Crippen LogP contribution in [0.25, 0.3) is 0 Å². The Bertz CT molecular complexity index is 561. The quantitative estimate of drug-likeness (QED) is 0.701. The van der Waals surface area contributed by atoms with Crippen molar-refractivity contribution in [1.82, 2.24) is 5.32 Å². The minimum atomic E-state index is -1.04. The Balaban J connectivity index is 1.71. The molecule has 130 valence electrons. The van der Waals surface area contributed by atoms with Crippen LogP contribution in [0.1, 0.15) is 31.2 Å². The van der Waals surface area contributed by atoms with Gasteiger partial charge in [0.25, 0.3) is 0 Å². The molecule has 2 unspecified atom stereocenters. The van der Waals surface area contributed by atoms with Crippen molar-refractivity contribution in [1.29, 1.82) is 0 Å². The molecular formula is C18H23NO4S. The molecule has 1 aliphatic carbocycles. The van der Waals surface area contributed by atoms with Gasteiger partial charge in [0.15, 0.2) is 0 Å². The number of benzene rings is 1. The van der Waals surface area contributed by atoms with Gasteiger partial charge in [0.1, 0.15) is 12.6 Å². The van der Waals surface area contributed by atoms with Gasteiger partial charge in [-0.1, -0.05) is 42.5 Å². The van der Waals surface area contributed by atoms with Crippen molar-refractivity contribution in [2.75, 3.05) is 5.75 Å². The predicted octanol–water partition coefficient (Wildman–Crippen LogP) is 3.60. The molecule has 6 heteroatoms. The van der Waals surface area contributed by atoms with Gasteiger partial charge < -0.3 is 15.2 Å². The molecule has 0 heterocycles. The molecule has 2 atom stereocenters. The lowest BCUT2D eigenvalue weighted by molar-refractivity contribution is -0.139. The second kappa shape index (κ2) is 10.0. The Labute approximate surface area is 146 Å². The van der Waals surface area contributed by atoms with Crippen molar-refractivity contribution in [3.05, 3.63) is 48.0 Å². The summed E-state index contributed by atoms with van der Waals surface area (Å²) in [6.45, 7) is 0.126. The molecule has 0 saturated carbocycles. The van der Waals surface area contributed by atoms with Crippen LogP contribution in [-0.2, 0) is 16.1 Å². The highest BCUT2D eigenvalue weighted by molar-refractivity contribution is 8.00. The van der Waals surface area contributed by atoms with Crippen molar-refractivity contribution in [3.63, 3.8) is 0 Å². The van der Waals surface area contributed by atoms with E-state index in [1.54, 1.807) is 11.8 Å². The first kappa shape index (κ1) is 18.4. The molecule has 0 spiro atoms. The molecule has 0 aliphatic heterocycles. The summed E-state index contributed by atoms with van der Waals surface area (Å²) >= 11 is 1.74. The molecule has 2 rings (SSSR count). The molecule has 1 aromatic rings. The monoisotopic (exact) mass is 349 g/mol. The van der Waals surface area contributed by atoms with Crippen LogP contribution in [0.5, 0.6) is 0 Å². The Morgan fingerprint density at radius 2 is 2.12 bits per heavy atom. The summed E-state index contributed by atoms with van der Waals surface area (Å²) in [6.07, 6.45) is 7.48. The van der Waals surface area contributed by atoms with E-state index in [9.17, 15) is 14.7 Å². The van der Waals surface area contributed by atoms with Gasteiger partial charge in [-0.25, -0.2) is 9.59 Å².